The van der Waals surface area contributed by atoms with Crippen LogP contribution in [0.15, 0.2) is 15.1 Å². The lowest BCUT2D eigenvalue weighted by atomic mass is 9.97. The molecule has 2 rings (SSSR count). The van der Waals surface area contributed by atoms with Crippen LogP contribution in [-0.4, -0.2) is 23.3 Å². The van der Waals surface area contributed by atoms with Gasteiger partial charge in [0.05, 0.1) is 12.7 Å². The summed E-state index contributed by atoms with van der Waals surface area (Å²) >= 11 is 3.54. The lowest BCUT2D eigenvalue weighted by molar-refractivity contribution is 0.0686. The molecule has 0 atom stereocenters. The van der Waals surface area contributed by atoms with E-state index < -0.39 is 5.97 Å². The van der Waals surface area contributed by atoms with Crippen LogP contribution in [0.5, 0.6) is 5.75 Å². The highest BCUT2D eigenvalue weighted by molar-refractivity contribution is 9.10. The van der Waals surface area contributed by atoms with Gasteiger partial charge in [-0.2, -0.15) is 0 Å². The molecule has 0 amide bonds. The molecule has 1 heterocycles. The van der Waals surface area contributed by atoms with Gasteiger partial charge in [-0.1, -0.05) is 21.1 Å². The number of carboxylic acid groups (broad SMARTS) is 1. The van der Waals surface area contributed by atoms with E-state index in [-0.39, 0.29) is 5.69 Å². The van der Waals surface area contributed by atoms with Crippen molar-refractivity contribution in [3.8, 4) is 17.1 Å². The Kier molecular flexibility index (Phi) is 3.85. The number of hydrogen-bond donors (Lipinski definition) is 1. The molecule has 20 heavy (non-hydrogen) atoms. The van der Waals surface area contributed by atoms with E-state index in [1.54, 1.807) is 7.11 Å². The fraction of sp³-hybridized carbons (Fsp3) is 0.286. The van der Waals surface area contributed by atoms with Crippen molar-refractivity contribution in [1.29, 1.82) is 0 Å². The number of methoxy groups -OCH3 is 1. The molecule has 6 heteroatoms. The summed E-state index contributed by atoms with van der Waals surface area (Å²) < 4.78 is 11.6. The third kappa shape index (κ3) is 2.20. The molecule has 0 saturated carbocycles. The van der Waals surface area contributed by atoms with Crippen LogP contribution in [0.4, 0.5) is 0 Å². The summed E-state index contributed by atoms with van der Waals surface area (Å²) in [7, 11) is 1.58. The molecule has 0 aliphatic rings. The Morgan fingerprint density at radius 3 is 2.45 bits per heavy atom. The van der Waals surface area contributed by atoms with Crippen LogP contribution < -0.4 is 4.74 Å². The Labute approximate surface area is 124 Å². The average molecular weight is 340 g/mol. The van der Waals surface area contributed by atoms with Gasteiger partial charge in [-0.25, -0.2) is 4.79 Å². The van der Waals surface area contributed by atoms with Gasteiger partial charge < -0.3 is 14.4 Å². The first-order chi connectivity index (χ1) is 9.38. The van der Waals surface area contributed by atoms with E-state index in [0.717, 1.165) is 21.2 Å². The molecule has 0 aliphatic carbocycles. The topological polar surface area (TPSA) is 72.6 Å². The standard InChI is InChI=1S/C14H14BrNO4/c1-6-7(2)13(19-4)11(8(3)12(6)15)10-5-9(14(17)18)16-20-10/h5H,1-4H3,(H,17,18). The normalized spacial score (nSPS) is 10.7. The molecule has 2 aromatic rings. The number of hydrogen-bond acceptors (Lipinski definition) is 4. The molecule has 1 N–H and O–H groups in total. The van der Waals surface area contributed by atoms with Crippen molar-refractivity contribution in [2.75, 3.05) is 7.11 Å². The highest BCUT2D eigenvalue weighted by atomic mass is 79.9. The molecule has 0 radical (unpaired) electrons. The molecular formula is C14H14BrNO4. The Balaban J connectivity index is 2.75. The summed E-state index contributed by atoms with van der Waals surface area (Å²) in [6.45, 7) is 5.84. The molecule has 5 nitrogen and oxygen atoms in total. The fourth-order valence-electron chi connectivity index (χ4n) is 2.13. The highest BCUT2D eigenvalue weighted by Gasteiger charge is 2.22. The van der Waals surface area contributed by atoms with Crippen molar-refractivity contribution < 1.29 is 19.2 Å². The van der Waals surface area contributed by atoms with E-state index in [9.17, 15) is 4.79 Å². The number of benzene rings is 1. The zero-order valence-electron chi connectivity index (χ0n) is 11.6. The minimum atomic E-state index is -1.13. The van der Waals surface area contributed by atoms with Crippen LogP contribution in [-0.2, 0) is 0 Å². The van der Waals surface area contributed by atoms with Crippen LogP contribution in [0.2, 0.25) is 0 Å². The van der Waals surface area contributed by atoms with E-state index in [0.29, 0.717) is 17.1 Å². The van der Waals surface area contributed by atoms with Crippen molar-refractivity contribution in [2.45, 2.75) is 20.8 Å². The average Bonchev–Trinajstić information content (AvgIpc) is 2.89. The second kappa shape index (κ2) is 5.28. The largest absolute Gasteiger partial charge is 0.496 e. The second-order valence-electron chi connectivity index (χ2n) is 4.48. The molecule has 1 aromatic heterocycles. The van der Waals surface area contributed by atoms with Gasteiger partial charge in [0, 0.05) is 10.5 Å². The first-order valence-corrected chi connectivity index (χ1v) is 6.71. The lowest BCUT2D eigenvalue weighted by Crippen LogP contribution is -1.98. The monoisotopic (exact) mass is 339 g/mol. The Bertz CT molecular complexity index is 691. The van der Waals surface area contributed by atoms with Crippen molar-refractivity contribution in [3.05, 3.63) is 32.9 Å². The second-order valence-corrected chi connectivity index (χ2v) is 5.27. The maximum atomic E-state index is 10.9. The van der Waals surface area contributed by atoms with Crippen molar-refractivity contribution in [1.82, 2.24) is 5.16 Å². The molecule has 106 valence electrons. The molecule has 0 fully saturated rings. The van der Waals surface area contributed by atoms with Crippen LogP contribution in [0.1, 0.15) is 27.2 Å². The van der Waals surface area contributed by atoms with Gasteiger partial charge in [0.2, 0.25) is 0 Å². The predicted molar refractivity (Wildman–Crippen MR) is 77.4 cm³/mol. The third-order valence-electron chi connectivity index (χ3n) is 3.34. The summed E-state index contributed by atoms with van der Waals surface area (Å²) in [4.78, 5) is 10.9. The fourth-order valence-corrected chi connectivity index (χ4v) is 2.63. The van der Waals surface area contributed by atoms with Crippen LogP contribution >= 0.6 is 15.9 Å². The summed E-state index contributed by atoms with van der Waals surface area (Å²) in [5, 5.41) is 12.5. The number of rotatable bonds is 3. The number of nitrogens with zero attached hydrogens (tertiary/aromatic N) is 1. The predicted octanol–water partition coefficient (Wildman–Crippen LogP) is 3.74. The van der Waals surface area contributed by atoms with Gasteiger partial charge in [0.25, 0.3) is 0 Å². The van der Waals surface area contributed by atoms with Gasteiger partial charge in [0.15, 0.2) is 11.5 Å². The molecule has 0 saturated heterocycles. The molecule has 0 spiro atoms. The number of aromatic nitrogens is 1. The number of halogens is 1. The van der Waals surface area contributed by atoms with Gasteiger partial charge in [-0.05, 0) is 37.5 Å². The molecule has 0 aliphatic heterocycles. The first-order valence-electron chi connectivity index (χ1n) is 5.92. The summed E-state index contributed by atoms with van der Waals surface area (Å²) in [5.41, 5.74) is 3.53. The molecular weight excluding hydrogens is 326 g/mol. The van der Waals surface area contributed by atoms with Gasteiger partial charge in [-0.15, -0.1) is 0 Å². The lowest BCUT2D eigenvalue weighted by Gasteiger charge is -2.17. The maximum Gasteiger partial charge on any atom is 0.358 e. The van der Waals surface area contributed by atoms with Crippen molar-refractivity contribution in [2.24, 2.45) is 0 Å². The Morgan fingerprint density at radius 1 is 1.30 bits per heavy atom. The summed E-state index contributed by atoms with van der Waals surface area (Å²) in [6.07, 6.45) is 0. The van der Waals surface area contributed by atoms with E-state index in [4.69, 9.17) is 14.4 Å². The maximum absolute atomic E-state index is 10.9. The van der Waals surface area contributed by atoms with Crippen molar-refractivity contribution in [3.63, 3.8) is 0 Å². The molecule has 0 unspecified atom stereocenters. The minimum absolute atomic E-state index is 0.129. The zero-order chi connectivity index (χ0) is 15.0. The summed E-state index contributed by atoms with van der Waals surface area (Å²) in [5.74, 6) is -0.0867. The molecule has 0 bridgehead atoms. The van der Waals surface area contributed by atoms with E-state index >= 15 is 0 Å². The smallest absolute Gasteiger partial charge is 0.358 e. The van der Waals surface area contributed by atoms with E-state index in [2.05, 4.69) is 21.1 Å². The van der Waals surface area contributed by atoms with E-state index in [1.807, 2.05) is 20.8 Å². The van der Waals surface area contributed by atoms with Gasteiger partial charge in [0.1, 0.15) is 5.75 Å². The zero-order valence-corrected chi connectivity index (χ0v) is 13.2. The van der Waals surface area contributed by atoms with Crippen molar-refractivity contribution >= 4 is 21.9 Å². The Morgan fingerprint density at radius 2 is 1.95 bits per heavy atom. The number of carboxylic acids is 1. The van der Waals surface area contributed by atoms with Crippen LogP contribution in [0.3, 0.4) is 0 Å². The number of aromatic carboxylic acids is 1. The summed E-state index contributed by atoms with van der Waals surface area (Å²) in [6, 6.07) is 1.40. The third-order valence-corrected chi connectivity index (χ3v) is 4.53. The van der Waals surface area contributed by atoms with Gasteiger partial charge in [-0.3, -0.25) is 0 Å². The van der Waals surface area contributed by atoms with E-state index in [1.165, 1.54) is 6.07 Å². The first kappa shape index (κ1) is 14.6. The Hall–Kier alpha value is -1.82. The number of ether oxygens (including phenoxy) is 1. The van der Waals surface area contributed by atoms with Crippen LogP contribution in [0.25, 0.3) is 11.3 Å². The molecule has 1 aromatic carbocycles. The highest BCUT2D eigenvalue weighted by Crippen LogP contribution is 2.42. The SMILES string of the molecule is COc1c(C)c(C)c(Br)c(C)c1-c1cc(C(=O)O)no1. The minimum Gasteiger partial charge on any atom is -0.496 e. The van der Waals surface area contributed by atoms with Crippen LogP contribution in [0, 0.1) is 20.8 Å². The van der Waals surface area contributed by atoms with Gasteiger partial charge >= 0.3 is 5.97 Å². The number of carbonyl (C=O) groups is 1. The quantitative estimate of drug-likeness (QED) is 0.922.